The lowest BCUT2D eigenvalue weighted by atomic mass is 10.1. The highest BCUT2D eigenvalue weighted by Gasteiger charge is 2.24. The molecule has 1 aliphatic heterocycles. The Morgan fingerprint density at radius 1 is 1.19 bits per heavy atom. The predicted octanol–water partition coefficient (Wildman–Crippen LogP) is 1.55. The molecule has 0 spiro atoms. The van der Waals surface area contributed by atoms with Crippen LogP contribution in [-0.4, -0.2) is 64.2 Å². The molecule has 27 heavy (non-hydrogen) atoms. The molecule has 1 fully saturated rings. The summed E-state index contributed by atoms with van der Waals surface area (Å²) in [5, 5.41) is 16.5. The molecule has 2 amide bonds. The quantitative estimate of drug-likeness (QED) is 0.631. The van der Waals surface area contributed by atoms with Gasteiger partial charge in [-0.2, -0.15) is 15.4 Å². The highest BCUT2D eigenvalue weighted by molar-refractivity contribution is 5.98. The number of benzene rings is 1. The van der Waals surface area contributed by atoms with Crippen LogP contribution >= 0.6 is 0 Å². The van der Waals surface area contributed by atoms with E-state index in [9.17, 15) is 4.79 Å². The molecule has 3 heterocycles. The SMILES string of the molecule is O=C(NCC(c1ccccn1)N1CCOCC1)Nc1cccc2n[nH]nc12. The van der Waals surface area contributed by atoms with Gasteiger partial charge < -0.3 is 15.4 Å². The van der Waals surface area contributed by atoms with Gasteiger partial charge in [0, 0.05) is 25.8 Å². The number of hydrogen-bond acceptors (Lipinski definition) is 6. The number of nitrogens with one attached hydrogen (secondary N) is 3. The fraction of sp³-hybridized carbons (Fsp3) is 0.333. The van der Waals surface area contributed by atoms with Gasteiger partial charge in [-0.25, -0.2) is 4.79 Å². The second-order valence-corrected chi connectivity index (χ2v) is 6.25. The normalized spacial score (nSPS) is 16.1. The maximum Gasteiger partial charge on any atom is 0.319 e. The molecule has 3 N–H and O–H groups in total. The van der Waals surface area contributed by atoms with Crippen molar-refractivity contribution in [2.24, 2.45) is 0 Å². The summed E-state index contributed by atoms with van der Waals surface area (Å²) in [6, 6.07) is 11.0. The molecular weight excluding hydrogens is 346 g/mol. The molecule has 0 bridgehead atoms. The molecule has 1 aliphatic rings. The summed E-state index contributed by atoms with van der Waals surface area (Å²) in [7, 11) is 0. The van der Waals surface area contributed by atoms with Crippen molar-refractivity contribution >= 4 is 22.8 Å². The summed E-state index contributed by atoms with van der Waals surface area (Å²) in [6.45, 7) is 3.43. The Bertz CT molecular complexity index is 893. The fourth-order valence-corrected chi connectivity index (χ4v) is 3.21. The molecule has 0 aliphatic carbocycles. The molecule has 1 atom stereocenters. The number of carbonyl (C=O) groups excluding carboxylic acids is 1. The minimum absolute atomic E-state index is 0.0105. The van der Waals surface area contributed by atoms with Crippen LogP contribution < -0.4 is 10.6 Å². The number of hydrogen-bond donors (Lipinski definition) is 3. The standard InChI is InChI=1S/C18H21N7O2/c26-18(21-14-5-3-6-15-17(14)23-24-22-15)20-12-16(13-4-1-2-7-19-13)25-8-10-27-11-9-25/h1-7,16H,8-12H2,(H2,20,21,26)(H,22,23,24). The average molecular weight is 367 g/mol. The number of anilines is 1. The topological polar surface area (TPSA) is 108 Å². The summed E-state index contributed by atoms with van der Waals surface area (Å²) in [5.74, 6) is 0. The van der Waals surface area contributed by atoms with Crippen molar-refractivity contribution in [3.63, 3.8) is 0 Å². The first kappa shape index (κ1) is 17.4. The summed E-state index contributed by atoms with van der Waals surface area (Å²) < 4.78 is 5.45. The second-order valence-electron chi connectivity index (χ2n) is 6.25. The number of H-pyrrole nitrogens is 1. The highest BCUT2D eigenvalue weighted by atomic mass is 16.5. The van der Waals surface area contributed by atoms with Gasteiger partial charge in [0.1, 0.15) is 11.0 Å². The van der Waals surface area contributed by atoms with E-state index in [1.54, 1.807) is 12.3 Å². The lowest BCUT2D eigenvalue weighted by molar-refractivity contribution is 0.0159. The van der Waals surface area contributed by atoms with Crippen molar-refractivity contribution in [1.82, 2.24) is 30.6 Å². The molecule has 3 aromatic rings. The van der Waals surface area contributed by atoms with Crippen LogP contribution in [0.15, 0.2) is 42.6 Å². The number of urea groups is 1. The number of fused-ring (bicyclic) bond motifs is 1. The Labute approximate surface area is 156 Å². The number of carbonyl (C=O) groups is 1. The van der Waals surface area contributed by atoms with Crippen molar-refractivity contribution in [1.29, 1.82) is 0 Å². The Balaban J connectivity index is 1.44. The van der Waals surface area contributed by atoms with Crippen molar-refractivity contribution in [3.05, 3.63) is 48.3 Å². The van der Waals surface area contributed by atoms with E-state index in [0.717, 1.165) is 18.8 Å². The van der Waals surface area contributed by atoms with Gasteiger partial charge in [-0.05, 0) is 24.3 Å². The third-order valence-corrected chi connectivity index (χ3v) is 4.57. The largest absolute Gasteiger partial charge is 0.379 e. The van der Waals surface area contributed by atoms with Crippen LogP contribution in [-0.2, 0) is 4.74 Å². The third-order valence-electron chi connectivity index (χ3n) is 4.57. The monoisotopic (exact) mass is 367 g/mol. The van der Waals surface area contributed by atoms with E-state index in [1.807, 2.05) is 30.3 Å². The van der Waals surface area contributed by atoms with Crippen molar-refractivity contribution in [3.8, 4) is 0 Å². The lowest BCUT2D eigenvalue weighted by Crippen LogP contribution is -2.44. The maximum absolute atomic E-state index is 12.5. The Morgan fingerprint density at radius 3 is 2.89 bits per heavy atom. The number of pyridine rings is 1. The van der Waals surface area contributed by atoms with Crippen LogP contribution in [0.25, 0.3) is 11.0 Å². The van der Waals surface area contributed by atoms with Gasteiger partial charge in [-0.3, -0.25) is 9.88 Å². The van der Waals surface area contributed by atoms with Gasteiger partial charge in [-0.15, -0.1) is 0 Å². The number of amides is 2. The van der Waals surface area contributed by atoms with Gasteiger partial charge in [-0.1, -0.05) is 12.1 Å². The van der Waals surface area contributed by atoms with E-state index in [-0.39, 0.29) is 12.1 Å². The van der Waals surface area contributed by atoms with Crippen molar-refractivity contribution < 1.29 is 9.53 Å². The number of rotatable bonds is 5. The number of aromatic amines is 1. The molecule has 9 nitrogen and oxygen atoms in total. The van der Waals surface area contributed by atoms with Gasteiger partial charge in [0.15, 0.2) is 0 Å². The van der Waals surface area contributed by atoms with Crippen LogP contribution in [0.4, 0.5) is 10.5 Å². The zero-order chi connectivity index (χ0) is 18.5. The summed E-state index contributed by atoms with van der Waals surface area (Å²) in [6.07, 6.45) is 1.77. The summed E-state index contributed by atoms with van der Waals surface area (Å²) >= 11 is 0. The number of ether oxygens (including phenoxy) is 1. The molecule has 0 saturated carbocycles. The van der Waals surface area contributed by atoms with Gasteiger partial charge in [0.2, 0.25) is 0 Å². The number of nitrogens with zero attached hydrogens (tertiary/aromatic N) is 4. The zero-order valence-electron chi connectivity index (χ0n) is 14.8. The molecule has 1 unspecified atom stereocenters. The molecule has 140 valence electrons. The second kappa shape index (κ2) is 8.11. The van der Waals surface area contributed by atoms with Crippen LogP contribution in [0.1, 0.15) is 11.7 Å². The zero-order valence-corrected chi connectivity index (χ0v) is 14.8. The van der Waals surface area contributed by atoms with Crippen LogP contribution in [0.3, 0.4) is 0 Å². The molecule has 2 aromatic heterocycles. The Kier molecular flexibility index (Phi) is 5.22. The predicted molar refractivity (Wildman–Crippen MR) is 100 cm³/mol. The van der Waals surface area contributed by atoms with E-state index in [0.29, 0.717) is 36.5 Å². The van der Waals surface area contributed by atoms with E-state index < -0.39 is 0 Å². The Morgan fingerprint density at radius 2 is 2.07 bits per heavy atom. The minimum Gasteiger partial charge on any atom is -0.379 e. The summed E-state index contributed by atoms with van der Waals surface area (Å²) in [5.41, 5.74) is 2.87. The van der Waals surface area contributed by atoms with E-state index in [4.69, 9.17) is 4.74 Å². The third kappa shape index (κ3) is 4.04. The molecule has 1 aromatic carbocycles. The Hall–Kier alpha value is -3.04. The van der Waals surface area contributed by atoms with Crippen LogP contribution in [0.5, 0.6) is 0 Å². The molecule has 0 radical (unpaired) electrons. The van der Waals surface area contributed by atoms with Crippen LogP contribution in [0.2, 0.25) is 0 Å². The number of morpholine rings is 1. The van der Waals surface area contributed by atoms with E-state index in [2.05, 4.69) is 35.9 Å². The smallest absolute Gasteiger partial charge is 0.319 e. The highest BCUT2D eigenvalue weighted by Crippen LogP contribution is 2.20. The first-order chi connectivity index (χ1) is 13.3. The van der Waals surface area contributed by atoms with E-state index >= 15 is 0 Å². The number of para-hydroxylation sites is 1. The lowest BCUT2D eigenvalue weighted by Gasteiger charge is -2.34. The summed E-state index contributed by atoms with van der Waals surface area (Å²) in [4.78, 5) is 19.2. The molecular formula is C18H21N7O2. The van der Waals surface area contributed by atoms with Gasteiger partial charge >= 0.3 is 6.03 Å². The van der Waals surface area contributed by atoms with Crippen molar-refractivity contribution in [2.45, 2.75) is 6.04 Å². The first-order valence-corrected chi connectivity index (χ1v) is 8.88. The number of aromatic nitrogens is 4. The van der Waals surface area contributed by atoms with Crippen molar-refractivity contribution in [2.75, 3.05) is 38.2 Å². The van der Waals surface area contributed by atoms with E-state index in [1.165, 1.54) is 0 Å². The fourth-order valence-electron chi connectivity index (χ4n) is 3.21. The molecule has 9 heteroatoms. The molecule has 1 saturated heterocycles. The molecule has 4 rings (SSSR count). The van der Waals surface area contributed by atoms with Gasteiger partial charge in [0.05, 0.1) is 30.6 Å². The van der Waals surface area contributed by atoms with Gasteiger partial charge in [0.25, 0.3) is 0 Å². The maximum atomic E-state index is 12.5. The van der Waals surface area contributed by atoms with Crippen LogP contribution in [0, 0.1) is 0 Å². The first-order valence-electron chi connectivity index (χ1n) is 8.88. The average Bonchev–Trinajstić information content (AvgIpc) is 3.20. The minimum atomic E-state index is -0.292.